The van der Waals surface area contributed by atoms with E-state index in [0.29, 0.717) is 6.04 Å². The molecule has 0 saturated heterocycles. The molecule has 0 aliphatic heterocycles. The van der Waals surface area contributed by atoms with Crippen molar-refractivity contribution in [3.63, 3.8) is 0 Å². The van der Waals surface area contributed by atoms with E-state index >= 15 is 0 Å². The molecule has 1 rings (SSSR count). The van der Waals surface area contributed by atoms with Crippen molar-refractivity contribution in [2.24, 2.45) is 0 Å². The van der Waals surface area contributed by atoms with Gasteiger partial charge in [-0.15, -0.1) is 0 Å². The summed E-state index contributed by atoms with van der Waals surface area (Å²) in [5.41, 5.74) is 2.93. The van der Waals surface area contributed by atoms with E-state index in [9.17, 15) is 0 Å². The molecule has 1 atom stereocenters. The van der Waals surface area contributed by atoms with Gasteiger partial charge in [0, 0.05) is 19.7 Å². The third kappa shape index (κ3) is 4.88. The molecular formula is C15H25NO. The standard InChI is InChI=1S/C15H25NO/c1-12(11-17-5)16-10-13-6-8-14(9-7-13)15(2,3)4/h6-9,12,16H,10-11H2,1-5H3. The minimum Gasteiger partial charge on any atom is -0.383 e. The van der Waals surface area contributed by atoms with Crippen LogP contribution in [0.25, 0.3) is 0 Å². The first-order chi connectivity index (χ1) is 7.93. The second kappa shape index (κ2) is 6.18. The Morgan fingerprint density at radius 3 is 2.24 bits per heavy atom. The van der Waals surface area contributed by atoms with Gasteiger partial charge in [-0.1, -0.05) is 45.0 Å². The number of methoxy groups -OCH3 is 1. The molecule has 2 nitrogen and oxygen atoms in total. The Labute approximate surface area is 105 Å². The lowest BCUT2D eigenvalue weighted by molar-refractivity contribution is 0.171. The predicted molar refractivity (Wildman–Crippen MR) is 73.3 cm³/mol. The summed E-state index contributed by atoms with van der Waals surface area (Å²) in [6.07, 6.45) is 0. The minimum atomic E-state index is 0.231. The number of hydrogen-bond donors (Lipinski definition) is 1. The Morgan fingerprint density at radius 2 is 1.76 bits per heavy atom. The van der Waals surface area contributed by atoms with E-state index in [1.54, 1.807) is 7.11 Å². The first kappa shape index (κ1) is 14.2. The van der Waals surface area contributed by atoms with Crippen LogP contribution in [0.5, 0.6) is 0 Å². The third-order valence-corrected chi connectivity index (χ3v) is 2.89. The summed E-state index contributed by atoms with van der Waals surface area (Å²) in [4.78, 5) is 0. The van der Waals surface area contributed by atoms with E-state index in [0.717, 1.165) is 13.2 Å². The predicted octanol–water partition coefficient (Wildman–Crippen LogP) is 3.11. The van der Waals surface area contributed by atoms with Crippen molar-refractivity contribution in [3.05, 3.63) is 35.4 Å². The first-order valence-corrected chi connectivity index (χ1v) is 6.25. The molecule has 96 valence electrons. The average molecular weight is 235 g/mol. The van der Waals surface area contributed by atoms with Crippen molar-refractivity contribution in [2.75, 3.05) is 13.7 Å². The van der Waals surface area contributed by atoms with Crippen LogP contribution in [-0.2, 0) is 16.7 Å². The number of nitrogens with one attached hydrogen (secondary N) is 1. The Morgan fingerprint density at radius 1 is 1.18 bits per heavy atom. The summed E-state index contributed by atoms with van der Waals surface area (Å²) >= 11 is 0. The number of benzene rings is 1. The summed E-state index contributed by atoms with van der Waals surface area (Å²) < 4.78 is 5.09. The second-order valence-corrected chi connectivity index (χ2v) is 5.68. The maximum atomic E-state index is 5.09. The molecule has 0 aromatic heterocycles. The summed E-state index contributed by atoms with van der Waals surface area (Å²) in [6, 6.07) is 9.23. The lowest BCUT2D eigenvalue weighted by atomic mass is 9.87. The van der Waals surface area contributed by atoms with Crippen molar-refractivity contribution < 1.29 is 4.74 Å². The lowest BCUT2D eigenvalue weighted by Crippen LogP contribution is -2.29. The molecule has 0 spiro atoms. The van der Waals surface area contributed by atoms with Crippen LogP contribution in [0, 0.1) is 0 Å². The molecule has 0 aliphatic rings. The van der Waals surface area contributed by atoms with Crippen molar-refractivity contribution in [3.8, 4) is 0 Å². The van der Waals surface area contributed by atoms with Gasteiger partial charge >= 0.3 is 0 Å². The van der Waals surface area contributed by atoms with Crippen molar-refractivity contribution in [2.45, 2.75) is 45.7 Å². The fourth-order valence-electron chi connectivity index (χ4n) is 1.72. The van der Waals surface area contributed by atoms with E-state index < -0.39 is 0 Å². The average Bonchev–Trinajstić information content (AvgIpc) is 2.26. The van der Waals surface area contributed by atoms with Gasteiger partial charge < -0.3 is 10.1 Å². The summed E-state index contributed by atoms with van der Waals surface area (Å²) in [6.45, 7) is 10.5. The zero-order chi connectivity index (χ0) is 12.9. The fourth-order valence-corrected chi connectivity index (χ4v) is 1.72. The van der Waals surface area contributed by atoms with Gasteiger partial charge in [0.05, 0.1) is 6.61 Å². The van der Waals surface area contributed by atoms with Gasteiger partial charge in [-0.2, -0.15) is 0 Å². The normalized spacial score (nSPS) is 13.7. The van der Waals surface area contributed by atoms with Gasteiger partial charge in [-0.3, -0.25) is 0 Å². The smallest absolute Gasteiger partial charge is 0.0613 e. The first-order valence-electron chi connectivity index (χ1n) is 6.25. The van der Waals surface area contributed by atoms with Crippen molar-refractivity contribution >= 4 is 0 Å². The van der Waals surface area contributed by atoms with E-state index in [4.69, 9.17) is 4.74 Å². The highest BCUT2D eigenvalue weighted by molar-refractivity contribution is 5.27. The number of hydrogen-bond acceptors (Lipinski definition) is 2. The zero-order valence-electron chi connectivity index (χ0n) is 11.7. The van der Waals surface area contributed by atoms with E-state index in [1.807, 2.05) is 0 Å². The largest absolute Gasteiger partial charge is 0.383 e. The molecule has 1 aromatic carbocycles. The van der Waals surface area contributed by atoms with Crippen LogP contribution in [0.2, 0.25) is 0 Å². The maximum Gasteiger partial charge on any atom is 0.0613 e. The fraction of sp³-hybridized carbons (Fsp3) is 0.600. The summed E-state index contributed by atoms with van der Waals surface area (Å²) in [5, 5.41) is 3.43. The minimum absolute atomic E-state index is 0.231. The summed E-state index contributed by atoms with van der Waals surface area (Å²) in [7, 11) is 1.73. The second-order valence-electron chi connectivity index (χ2n) is 5.68. The highest BCUT2D eigenvalue weighted by Gasteiger charge is 2.12. The molecule has 2 heteroatoms. The molecule has 0 aliphatic carbocycles. The third-order valence-electron chi connectivity index (χ3n) is 2.89. The van der Waals surface area contributed by atoms with Crippen LogP contribution in [0.15, 0.2) is 24.3 Å². The molecule has 0 saturated carbocycles. The zero-order valence-corrected chi connectivity index (χ0v) is 11.7. The number of rotatable bonds is 5. The molecule has 0 heterocycles. The Kier molecular flexibility index (Phi) is 5.16. The van der Waals surface area contributed by atoms with Crippen molar-refractivity contribution in [1.29, 1.82) is 0 Å². The molecule has 0 bridgehead atoms. The molecule has 1 aromatic rings. The molecule has 0 amide bonds. The highest BCUT2D eigenvalue weighted by atomic mass is 16.5. The molecule has 1 unspecified atom stereocenters. The Hall–Kier alpha value is -0.860. The van der Waals surface area contributed by atoms with Crippen molar-refractivity contribution in [1.82, 2.24) is 5.32 Å². The van der Waals surface area contributed by atoms with Crippen LogP contribution < -0.4 is 5.32 Å². The molecule has 1 N–H and O–H groups in total. The quantitative estimate of drug-likeness (QED) is 0.846. The highest BCUT2D eigenvalue weighted by Crippen LogP contribution is 2.22. The van der Waals surface area contributed by atoms with Crippen LogP contribution in [0.3, 0.4) is 0 Å². The van der Waals surface area contributed by atoms with Gasteiger partial charge in [0.2, 0.25) is 0 Å². The van der Waals surface area contributed by atoms with Crippen LogP contribution in [0.4, 0.5) is 0 Å². The van der Waals surface area contributed by atoms with Gasteiger partial charge in [-0.05, 0) is 23.5 Å². The van der Waals surface area contributed by atoms with Gasteiger partial charge in [-0.25, -0.2) is 0 Å². The van der Waals surface area contributed by atoms with Crippen LogP contribution in [0.1, 0.15) is 38.8 Å². The molecule has 0 radical (unpaired) electrons. The Bertz CT molecular complexity index is 324. The lowest BCUT2D eigenvalue weighted by Gasteiger charge is -2.19. The van der Waals surface area contributed by atoms with Gasteiger partial charge in [0.15, 0.2) is 0 Å². The molecular weight excluding hydrogens is 210 g/mol. The Balaban J connectivity index is 2.51. The van der Waals surface area contributed by atoms with Crippen LogP contribution >= 0.6 is 0 Å². The maximum absolute atomic E-state index is 5.09. The van der Waals surface area contributed by atoms with E-state index in [-0.39, 0.29) is 5.41 Å². The molecule has 17 heavy (non-hydrogen) atoms. The SMILES string of the molecule is COCC(C)NCc1ccc(C(C)(C)C)cc1. The topological polar surface area (TPSA) is 21.3 Å². The monoisotopic (exact) mass is 235 g/mol. The summed E-state index contributed by atoms with van der Waals surface area (Å²) in [5.74, 6) is 0. The van der Waals surface area contributed by atoms with Crippen LogP contribution in [-0.4, -0.2) is 19.8 Å². The number of ether oxygens (including phenoxy) is 1. The van der Waals surface area contributed by atoms with Gasteiger partial charge in [0.25, 0.3) is 0 Å². The van der Waals surface area contributed by atoms with Gasteiger partial charge in [0.1, 0.15) is 0 Å². The van der Waals surface area contributed by atoms with E-state index in [1.165, 1.54) is 11.1 Å². The van der Waals surface area contributed by atoms with E-state index in [2.05, 4.69) is 57.3 Å². The molecule has 0 fully saturated rings.